The lowest BCUT2D eigenvalue weighted by Gasteiger charge is -1.98. The lowest BCUT2D eigenvalue weighted by atomic mass is 10.1. The van der Waals surface area contributed by atoms with Gasteiger partial charge in [-0.1, -0.05) is 38.3 Å². The second kappa shape index (κ2) is 10.9. The van der Waals surface area contributed by atoms with Gasteiger partial charge in [-0.3, -0.25) is 0 Å². The smallest absolute Gasteiger partial charge is 0.152 e. The van der Waals surface area contributed by atoms with Crippen LogP contribution in [-0.4, -0.2) is 14.5 Å². The Balaban J connectivity index is 2.99. The quantitative estimate of drug-likeness (QED) is 0.365. The molecule has 0 fully saturated rings. The highest BCUT2D eigenvalue weighted by atomic mass is 32.2. The van der Waals surface area contributed by atoms with Gasteiger partial charge in [0.2, 0.25) is 0 Å². The first-order valence-corrected chi connectivity index (χ1v) is 6.77. The molecule has 0 heterocycles. The van der Waals surface area contributed by atoms with Gasteiger partial charge in [-0.25, -0.2) is 4.21 Å². The molecule has 1 unspecified atom stereocenters. The van der Waals surface area contributed by atoms with Crippen molar-refractivity contribution in [1.29, 1.82) is 0 Å². The van der Waals surface area contributed by atoms with Gasteiger partial charge >= 0.3 is 0 Å². The Morgan fingerprint density at radius 3 is 2.36 bits per heavy atom. The van der Waals surface area contributed by atoms with Crippen LogP contribution in [0.25, 0.3) is 0 Å². The van der Waals surface area contributed by atoms with Crippen LogP contribution in [0.1, 0.15) is 51.9 Å². The molecule has 0 aromatic rings. The van der Waals surface area contributed by atoms with E-state index in [1.54, 1.807) is 0 Å². The third-order valence-corrected chi connectivity index (χ3v) is 2.73. The fourth-order valence-electron chi connectivity index (χ4n) is 1.30. The highest BCUT2D eigenvalue weighted by Gasteiger charge is 1.93. The summed E-state index contributed by atoms with van der Waals surface area (Å²) in [5, 5.41) is 0. The summed E-state index contributed by atoms with van der Waals surface area (Å²) in [6.07, 6.45) is 12.4. The van der Waals surface area contributed by atoms with Crippen LogP contribution < -0.4 is 0 Å². The summed E-state index contributed by atoms with van der Waals surface area (Å²) < 4.78 is 18.8. The molecule has 0 saturated heterocycles. The number of rotatable bonds is 9. The second-order valence-corrected chi connectivity index (χ2v) is 4.51. The Hall–Kier alpha value is -0.150. The maximum absolute atomic E-state index is 10.3. The van der Waals surface area contributed by atoms with Crippen molar-refractivity contribution in [3.8, 4) is 0 Å². The van der Waals surface area contributed by atoms with E-state index in [2.05, 4.69) is 19.1 Å². The van der Waals surface area contributed by atoms with Gasteiger partial charge in [0.25, 0.3) is 0 Å². The molecule has 0 saturated carbocycles. The monoisotopic (exact) mass is 218 g/mol. The van der Waals surface area contributed by atoms with E-state index in [0.717, 1.165) is 19.3 Å². The Morgan fingerprint density at radius 2 is 1.71 bits per heavy atom. The van der Waals surface area contributed by atoms with E-state index in [9.17, 15) is 4.21 Å². The number of unbranched alkanes of at least 4 members (excludes halogenated alkanes) is 5. The first-order chi connectivity index (χ1) is 6.77. The minimum Gasteiger partial charge on any atom is -0.306 e. The second-order valence-electron chi connectivity index (χ2n) is 3.46. The molecule has 0 aromatic heterocycles. The van der Waals surface area contributed by atoms with Gasteiger partial charge in [0.15, 0.2) is 11.1 Å². The van der Waals surface area contributed by atoms with Crippen molar-refractivity contribution in [3.63, 3.8) is 0 Å². The number of hydrogen-bond donors (Lipinski definition) is 1. The zero-order valence-corrected chi connectivity index (χ0v) is 9.89. The minimum absolute atomic E-state index is 0.440. The van der Waals surface area contributed by atoms with E-state index in [4.69, 9.17) is 4.55 Å². The molecule has 0 spiro atoms. The molecular weight excluding hydrogens is 196 g/mol. The summed E-state index contributed by atoms with van der Waals surface area (Å²) in [4.78, 5) is 0. The highest BCUT2D eigenvalue weighted by molar-refractivity contribution is 7.79. The molecule has 0 radical (unpaired) electrons. The summed E-state index contributed by atoms with van der Waals surface area (Å²) in [6, 6.07) is 0. The van der Waals surface area contributed by atoms with Gasteiger partial charge in [-0.15, -0.1) is 0 Å². The molecule has 3 heteroatoms. The molecule has 0 aliphatic rings. The van der Waals surface area contributed by atoms with Crippen LogP contribution in [0.15, 0.2) is 12.2 Å². The van der Waals surface area contributed by atoms with Crippen molar-refractivity contribution in [3.05, 3.63) is 12.2 Å². The van der Waals surface area contributed by atoms with Crippen LogP contribution in [0.4, 0.5) is 0 Å². The topological polar surface area (TPSA) is 37.3 Å². The first-order valence-electron chi connectivity index (χ1n) is 5.49. The molecule has 84 valence electrons. The molecule has 2 nitrogen and oxygen atoms in total. The maximum atomic E-state index is 10.3. The molecule has 14 heavy (non-hydrogen) atoms. The van der Waals surface area contributed by atoms with Gasteiger partial charge in [0.1, 0.15) is 0 Å². The fourth-order valence-corrected chi connectivity index (χ4v) is 1.75. The van der Waals surface area contributed by atoms with E-state index < -0.39 is 11.1 Å². The van der Waals surface area contributed by atoms with Crippen molar-refractivity contribution < 1.29 is 8.76 Å². The predicted molar refractivity (Wildman–Crippen MR) is 62.8 cm³/mol. The summed E-state index contributed by atoms with van der Waals surface area (Å²) in [7, 11) is 0. The lowest BCUT2D eigenvalue weighted by Crippen LogP contribution is -1.94. The zero-order valence-electron chi connectivity index (χ0n) is 9.08. The summed E-state index contributed by atoms with van der Waals surface area (Å²) in [5.74, 6) is 0.440. The van der Waals surface area contributed by atoms with Crippen molar-refractivity contribution in [1.82, 2.24) is 0 Å². The number of allylic oxidation sites excluding steroid dienone is 2. The SMILES string of the molecule is CCC=CCCCCCCCS(=O)O. The third kappa shape index (κ3) is 11.8. The predicted octanol–water partition coefficient (Wildman–Crippen LogP) is 3.51. The summed E-state index contributed by atoms with van der Waals surface area (Å²) in [6.45, 7) is 2.14. The average molecular weight is 218 g/mol. The lowest BCUT2D eigenvalue weighted by molar-refractivity contribution is 0.556. The Bertz CT molecular complexity index is 167. The molecule has 1 N–H and O–H groups in total. The van der Waals surface area contributed by atoms with E-state index in [0.29, 0.717) is 5.75 Å². The summed E-state index contributed by atoms with van der Waals surface area (Å²) >= 11 is -1.59. The normalized spacial score (nSPS) is 13.6. The largest absolute Gasteiger partial charge is 0.306 e. The van der Waals surface area contributed by atoms with Gasteiger partial charge in [-0.05, 0) is 25.7 Å². The molecule has 0 aromatic carbocycles. The van der Waals surface area contributed by atoms with Crippen LogP contribution in [0.5, 0.6) is 0 Å². The van der Waals surface area contributed by atoms with Gasteiger partial charge < -0.3 is 4.55 Å². The van der Waals surface area contributed by atoms with Crippen molar-refractivity contribution in [2.24, 2.45) is 0 Å². The Kier molecular flexibility index (Phi) is 10.8. The van der Waals surface area contributed by atoms with Crippen molar-refractivity contribution in [2.75, 3.05) is 5.75 Å². The van der Waals surface area contributed by atoms with Gasteiger partial charge in [0.05, 0.1) is 0 Å². The van der Waals surface area contributed by atoms with Crippen molar-refractivity contribution >= 4 is 11.1 Å². The minimum atomic E-state index is -1.59. The Morgan fingerprint density at radius 1 is 1.07 bits per heavy atom. The van der Waals surface area contributed by atoms with E-state index in [1.165, 1.54) is 25.7 Å². The van der Waals surface area contributed by atoms with Crippen LogP contribution in [0, 0.1) is 0 Å². The van der Waals surface area contributed by atoms with E-state index in [1.807, 2.05) is 0 Å². The van der Waals surface area contributed by atoms with E-state index >= 15 is 0 Å². The molecule has 1 atom stereocenters. The summed E-state index contributed by atoms with van der Waals surface area (Å²) in [5.41, 5.74) is 0. The third-order valence-electron chi connectivity index (χ3n) is 2.09. The molecule has 0 amide bonds. The maximum Gasteiger partial charge on any atom is 0.152 e. The highest BCUT2D eigenvalue weighted by Crippen LogP contribution is 2.06. The van der Waals surface area contributed by atoms with Crippen LogP contribution in [0.2, 0.25) is 0 Å². The van der Waals surface area contributed by atoms with Crippen LogP contribution >= 0.6 is 0 Å². The fraction of sp³-hybridized carbons (Fsp3) is 0.818. The molecule has 0 bridgehead atoms. The molecule has 0 rings (SSSR count). The number of hydrogen-bond acceptors (Lipinski definition) is 1. The molecule has 0 aliphatic heterocycles. The average Bonchev–Trinajstić information content (AvgIpc) is 2.15. The molecular formula is C11H22O2S. The molecule has 0 aliphatic carbocycles. The van der Waals surface area contributed by atoms with E-state index in [-0.39, 0.29) is 0 Å². The van der Waals surface area contributed by atoms with Crippen molar-refractivity contribution in [2.45, 2.75) is 51.9 Å². The van der Waals surface area contributed by atoms with Gasteiger partial charge in [0, 0.05) is 5.75 Å². The standard InChI is InChI=1S/C11H22O2S/c1-2-3-4-5-6-7-8-9-10-11-14(12)13/h3-4H,2,5-11H2,1H3,(H,12,13). The van der Waals surface area contributed by atoms with Gasteiger partial charge in [-0.2, -0.15) is 0 Å². The van der Waals surface area contributed by atoms with Crippen LogP contribution in [0.3, 0.4) is 0 Å². The Labute approximate surface area is 90.1 Å². The zero-order chi connectivity index (χ0) is 10.6. The van der Waals surface area contributed by atoms with Crippen LogP contribution in [-0.2, 0) is 11.1 Å². The first kappa shape index (κ1) is 13.8.